The molecule has 3 heterocycles. The number of aromatic nitrogens is 3. The number of hydrogen-bond donors (Lipinski definition) is 0. The fraction of sp³-hybridized carbons (Fsp3) is 0.387. The van der Waals surface area contributed by atoms with Crippen LogP contribution >= 0.6 is 0 Å². The number of aryl methyl sites for hydroxylation is 1. The van der Waals surface area contributed by atoms with E-state index in [0.29, 0.717) is 25.6 Å². The van der Waals surface area contributed by atoms with Crippen LogP contribution in [0.1, 0.15) is 39.2 Å². The van der Waals surface area contributed by atoms with Gasteiger partial charge in [0.05, 0.1) is 18.8 Å². The van der Waals surface area contributed by atoms with E-state index >= 15 is 0 Å². The molecule has 39 heavy (non-hydrogen) atoms. The Bertz CT molecular complexity index is 1470. The Labute approximate surface area is 229 Å². The average Bonchev–Trinajstić information content (AvgIpc) is 3.37. The van der Waals surface area contributed by atoms with Gasteiger partial charge in [-0.2, -0.15) is 5.10 Å². The minimum Gasteiger partial charge on any atom is -0.481 e. The van der Waals surface area contributed by atoms with Crippen LogP contribution in [-0.4, -0.2) is 57.7 Å². The number of rotatable bonds is 6. The molecule has 8 heteroatoms. The van der Waals surface area contributed by atoms with Gasteiger partial charge in [0.15, 0.2) is 0 Å². The molecule has 1 amide bonds. The monoisotopic (exact) mass is 528 g/mol. The Morgan fingerprint density at radius 3 is 2.54 bits per heavy atom. The third kappa shape index (κ3) is 6.23. The highest BCUT2D eigenvalue weighted by atomic mass is 16.6. The van der Waals surface area contributed by atoms with E-state index in [1.54, 1.807) is 11.8 Å². The summed E-state index contributed by atoms with van der Waals surface area (Å²) >= 11 is 0. The fourth-order valence-electron chi connectivity index (χ4n) is 4.98. The highest BCUT2D eigenvalue weighted by molar-refractivity contribution is 5.96. The lowest BCUT2D eigenvalue weighted by atomic mass is 9.96. The van der Waals surface area contributed by atoms with Gasteiger partial charge < -0.3 is 19.1 Å². The van der Waals surface area contributed by atoms with Crippen LogP contribution < -0.4 is 4.74 Å². The Morgan fingerprint density at radius 1 is 1.08 bits per heavy atom. The second kappa shape index (κ2) is 11.1. The minimum absolute atomic E-state index is 0.0638. The summed E-state index contributed by atoms with van der Waals surface area (Å²) in [5.74, 6) is 0.551. The number of pyridine rings is 1. The maximum atomic E-state index is 13.3. The van der Waals surface area contributed by atoms with Crippen molar-refractivity contribution in [3.05, 3.63) is 66.5 Å². The molecule has 1 fully saturated rings. The van der Waals surface area contributed by atoms with Crippen molar-refractivity contribution in [2.75, 3.05) is 20.3 Å². The molecule has 0 N–H and O–H groups in total. The van der Waals surface area contributed by atoms with Crippen molar-refractivity contribution in [3.63, 3.8) is 0 Å². The zero-order chi connectivity index (χ0) is 27.6. The summed E-state index contributed by atoms with van der Waals surface area (Å²) in [5.41, 5.74) is 5.46. The molecular formula is C31H36N4O4. The van der Waals surface area contributed by atoms with Gasteiger partial charge in [0.1, 0.15) is 5.60 Å². The predicted molar refractivity (Wildman–Crippen MR) is 152 cm³/mol. The molecule has 0 saturated carbocycles. The largest absolute Gasteiger partial charge is 0.481 e. The predicted octanol–water partition coefficient (Wildman–Crippen LogP) is 6.23. The van der Waals surface area contributed by atoms with Gasteiger partial charge in [-0.05, 0) is 74.1 Å². The summed E-state index contributed by atoms with van der Waals surface area (Å²) < 4.78 is 18.7. The average molecular weight is 529 g/mol. The highest BCUT2D eigenvalue weighted by Crippen LogP contribution is 2.34. The van der Waals surface area contributed by atoms with E-state index in [0.717, 1.165) is 51.6 Å². The van der Waals surface area contributed by atoms with Crippen molar-refractivity contribution in [2.45, 2.75) is 51.8 Å². The van der Waals surface area contributed by atoms with Crippen LogP contribution in [0.3, 0.4) is 0 Å². The van der Waals surface area contributed by atoms with Crippen LogP contribution in [-0.2, 0) is 23.1 Å². The molecule has 0 bridgehead atoms. The number of nitrogens with zero attached hydrogens (tertiary/aromatic N) is 4. The van der Waals surface area contributed by atoms with Crippen LogP contribution in [0.5, 0.6) is 5.88 Å². The molecule has 4 aromatic rings. The zero-order valence-electron chi connectivity index (χ0n) is 23.3. The van der Waals surface area contributed by atoms with Gasteiger partial charge in [0.2, 0.25) is 5.88 Å². The van der Waals surface area contributed by atoms with Gasteiger partial charge in [-0.15, -0.1) is 0 Å². The van der Waals surface area contributed by atoms with Gasteiger partial charge >= 0.3 is 6.09 Å². The van der Waals surface area contributed by atoms with Crippen molar-refractivity contribution in [1.29, 1.82) is 0 Å². The van der Waals surface area contributed by atoms with Crippen molar-refractivity contribution in [3.8, 4) is 28.1 Å². The number of methoxy groups -OCH3 is 1. The molecule has 1 aliphatic heterocycles. The number of amides is 1. The van der Waals surface area contributed by atoms with Gasteiger partial charge in [-0.25, -0.2) is 9.78 Å². The van der Waals surface area contributed by atoms with Gasteiger partial charge in [-0.3, -0.25) is 4.68 Å². The molecule has 2 aromatic carbocycles. The van der Waals surface area contributed by atoms with E-state index in [-0.39, 0.29) is 12.1 Å². The van der Waals surface area contributed by atoms with Gasteiger partial charge in [0.25, 0.3) is 0 Å². The molecule has 1 saturated heterocycles. The first-order chi connectivity index (χ1) is 18.7. The van der Waals surface area contributed by atoms with Crippen molar-refractivity contribution >= 4 is 17.0 Å². The van der Waals surface area contributed by atoms with Gasteiger partial charge in [-0.1, -0.05) is 24.3 Å². The smallest absolute Gasteiger partial charge is 0.410 e. The van der Waals surface area contributed by atoms with Crippen LogP contribution in [0.2, 0.25) is 0 Å². The van der Waals surface area contributed by atoms with Crippen molar-refractivity contribution in [1.82, 2.24) is 19.7 Å². The lowest BCUT2D eigenvalue weighted by Crippen LogP contribution is -2.45. The third-order valence-corrected chi connectivity index (χ3v) is 6.88. The lowest BCUT2D eigenvalue weighted by molar-refractivity contribution is -0.00807. The van der Waals surface area contributed by atoms with E-state index in [9.17, 15) is 4.79 Å². The Balaban J connectivity index is 1.54. The number of carbonyl (C=O) groups is 1. The molecule has 204 valence electrons. The van der Waals surface area contributed by atoms with Gasteiger partial charge in [0, 0.05) is 56.1 Å². The first-order valence-electron chi connectivity index (χ1n) is 13.3. The van der Waals surface area contributed by atoms with Crippen LogP contribution in [0.15, 0.2) is 60.9 Å². The minimum atomic E-state index is -0.573. The summed E-state index contributed by atoms with van der Waals surface area (Å²) in [5, 5.41) is 5.32. The van der Waals surface area contributed by atoms with Crippen LogP contribution in [0.4, 0.5) is 4.79 Å². The molecule has 0 aliphatic carbocycles. The molecule has 1 aliphatic rings. The number of hydrogen-bond acceptors (Lipinski definition) is 6. The van der Waals surface area contributed by atoms with E-state index in [1.165, 1.54) is 0 Å². The fourth-order valence-corrected chi connectivity index (χ4v) is 4.98. The normalized spacial score (nSPS) is 14.4. The SMILES string of the molecule is COc1cc(-c2cccc(-c3cnn(C)c3)c2)c2cc(CN(C(=O)OC(C)(C)C)C3CCOCC3)ccc2n1. The Hall–Kier alpha value is -3.91. The summed E-state index contributed by atoms with van der Waals surface area (Å²) in [4.78, 5) is 19.9. The second-order valence-corrected chi connectivity index (χ2v) is 11.0. The van der Waals surface area contributed by atoms with E-state index in [1.807, 2.05) is 63.3 Å². The molecule has 0 spiro atoms. The third-order valence-electron chi connectivity index (χ3n) is 6.88. The van der Waals surface area contributed by atoms with E-state index in [4.69, 9.17) is 19.2 Å². The highest BCUT2D eigenvalue weighted by Gasteiger charge is 2.30. The summed E-state index contributed by atoms with van der Waals surface area (Å²) in [7, 11) is 3.54. The summed E-state index contributed by atoms with van der Waals surface area (Å²) in [6.07, 6.45) is 5.15. The number of fused-ring (bicyclic) bond motifs is 1. The van der Waals surface area contributed by atoms with E-state index in [2.05, 4.69) is 35.4 Å². The second-order valence-electron chi connectivity index (χ2n) is 11.0. The summed E-state index contributed by atoms with van der Waals surface area (Å²) in [6.45, 7) is 7.42. The molecule has 8 nitrogen and oxygen atoms in total. The van der Waals surface area contributed by atoms with Crippen LogP contribution in [0.25, 0.3) is 33.2 Å². The number of carbonyl (C=O) groups excluding carboxylic acids is 1. The maximum Gasteiger partial charge on any atom is 0.410 e. The molecule has 5 rings (SSSR count). The van der Waals surface area contributed by atoms with Crippen LogP contribution in [0, 0.1) is 0 Å². The lowest BCUT2D eigenvalue weighted by Gasteiger charge is -2.35. The molecule has 0 unspecified atom stereocenters. The number of benzene rings is 2. The zero-order valence-corrected chi connectivity index (χ0v) is 23.3. The first kappa shape index (κ1) is 26.7. The first-order valence-corrected chi connectivity index (χ1v) is 13.3. The Morgan fingerprint density at radius 2 is 1.85 bits per heavy atom. The molecular weight excluding hydrogens is 492 g/mol. The maximum absolute atomic E-state index is 13.3. The van der Waals surface area contributed by atoms with E-state index < -0.39 is 5.60 Å². The molecule has 0 radical (unpaired) electrons. The number of ether oxygens (including phenoxy) is 3. The van der Waals surface area contributed by atoms with Crippen molar-refractivity contribution < 1.29 is 19.0 Å². The van der Waals surface area contributed by atoms with Crippen molar-refractivity contribution in [2.24, 2.45) is 7.05 Å². The Kier molecular flexibility index (Phi) is 7.57. The molecule has 0 atom stereocenters. The topological polar surface area (TPSA) is 78.7 Å². The standard InChI is InChI=1S/C31H36N4O4/c1-31(2,3)39-30(36)35(25-11-13-38-14-12-25)19-21-9-10-28-27(15-21)26(17-29(33-28)37-5)23-8-6-7-22(16-23)24-18-32-34(4)20-24/h6-10,15-18,20,25H,11-14,19H2,1-5H3. The summed E-state index contributed by atoms with van der Waals surface area (Å²) in [6, 6.07) is 16.6. The quantitative estimate of drug-likeness (QED) is 0.295. The molecule has 2 aromatic heterocycles.